The van der Waals surface area contributed by atoms with E-state index in [0.717, 1.165) is 15.6 Å². The Balaban J connectivity index is 2.10. The first-order valence-electron chi connectivity index (χ1n) is 6.36. The lowest BCUT2D eigenvalue weighted by Crippen LogP contribution is -2.43. The van der Waals surface area contributed by atoms with Gasteiger partial charge in [0.1, 0.15) is 0 Å². The van der Waals surface area contributed by atoms with Gasteiger partial charge >= 0.3 is 0 Å². The molecule has 0 unspecified atom stereocenters. The molecule has 1 N–H and O–H groups in total. The molecule has 7 heteroatoms. The molecule has 1 atom stereocenters. The summed E-state index contributed by atoms with van der Waals surface area (Å²) in [6, 6.07) is 7.21. The van der Waals surface area contributed by atoms with Crippen molar-refractivity contribution in [3.8, 4) is 0 Å². The number of anilines is 1. The molecule has 20 heavy (non-hydrogen) atoms. The zero-order valence-electron chi connectivity index (χ0n) is 11.8. The number of aryl methyl sites for hydroxylation is 1. The second-order valence-electron chi connectivity index (χ2n) is 5.15. The van der Waals surface area contributed by atoms with Crippen molar-refractivity contribution in [3.63, 3.8) is 0 Å². The standard InChI is InChI=1S/C13H19N3O3S/c1-10-4-6-12(7-5-10)16-9-11(8-13(16)17)14-20(18,19)15(2)3/h4-7,11,14H,8-9H2,1-3H3/t11-/m1/s1. The lowest BCUT2D eigenvalue weighted by atomic mass is 10.2. The number of amides is 1. The topological polar surface area (TPSA) is 69.7 Å². The predicted octanol–water partition coefficient (Wildman–Crippen LogP) is 0.496. The minimum Gasteiger partial charge on any atom is -0.311 e. The summed E-state index contributed by atoms with van der Waals surface area (Å²) in [6.45, 7) is 2.33. The van der Waals surface area contributed by atoms with Gasteiger partial charge in [-0.05, 0) is 19.1 Å². The monoisotopic (exact) mass is 297 g/mol. The smallest absolute Gasteiger partial charge is 0.279 e. The third-order valence-electron chi connectivity index (χ3n) is 3.27. The fourth-order valence-electron chi connectivity index (χ4n) is 2.08. The van der Waals surface area contributed by atoms with Gasteiger partial charge in [-0.2, -0.15) is 17.4 Å². The van der Waals surface area contributed by atoms with E-state index < -0.39 is 16.3 Å². The van der Waals surface area contributed by atoms with E-state index in [1.54, 1.807) is 4.90 Å². The second-order valence-corrected chi connectivity index (χ2v) is 7.06. The molecule has 0 spiro atoms. The van der Waals surface area contributed by atoms with Crippen molar-refractivity contribution >= 4 is 21.8 Å². The molecular formula is C13H19N3O3S. The van der Waals surface area contributed by atoms with Gasteiger partial charge < -0.3 is 4.90 Å². The maximum absolute atomic E-state index is 12.0. The van der Waals surface area contributed by atoms with Crippen LogP contribution in [-0.4, -0.2) is 45.3 Å². The molecule has 1 aromatic carbocycles. The van der Waals surface area contributed by atoms with Crippen molar-refractivity contribution in [1.29, 1.82) is 0 Å². The Hall–Kier alpha value is -1.44. The predicted molar refractivity (Wildman–Crippen MR) is 77.7 cm³/mol. The number of carbonyl (C=O) groups is 1. The highest BCUT2D eigenvalue weighted by atomic mass is 32.2. The normalized spacial score (nSPS) is 19.9. The largest absolute Gasteiger partial charge is 0.311 e. The number of benzene rings is 1. The summed E-state index contributed by atoms with van der Waals surface area (Å²) >= 11 is 0. The summed E-state index contributed by atoms with van der Waals surface area (Å²) in [5.41, 5.74) is 1.91. The Bertz CT molecular complexity index is 596. The van der Waals surface area contributed by atoms with Gasteiger partial charge in [0.25, 0.3) is 10.2 Å². The van der Waals surface area contributed by atoms with E-state index in [2.05, 4.69) is 4.72 Å². The lowest BCUT2D eigenvalue weighted by molar-refractivity contribution is -0.117. The number of hydrogen-bond donors (Lipinski definition) is 1. The highest BCUT2D eigenvalue weighted by molar-refractivity contribution is 7.87. The maximum Gasteiger partial charge on any atom is 0.279 e. The first-order valence-corrected chi connectivity index (χ1v) is 7.80. The van der Waals surface area contributed by atoms with Gasteiger partial charge in [-0.1, -0.05) is 17.7 Å². The van der Waals surface area contributed by atoms with Crippen molar-refractivity contribution in [2.45, 2.75) is 19.4 Å². The van der Waals surface area contributed by atoms with Crippen LogP contribution in [0.1, 0.15) is 12.0 Å². The Labute approximate surface area is 119 Å². The van der Waals surface area contributed by atoms with Gasteiger partial charge in [0.15, 0.2) is 0 Å². The third-order valence-corrected chi connectivity index (χ3v) is 4.86. The van der Waals surface area contributed by atoms with E-state index in [1.165, 1.54) is 14.1 Å². The van der Waals surface area contributed by atoms with Crippen LogP contribution >= 0.6 is 0 Å². The third kappa shape index (κ3) is 3.17. The number of carbonyl (C=O) groups excluding carboxylic acids is 1. The first-order chi connectivity index (χ1) is 9.29. The summed E-state index contributed by atoms with van der Waals surface area (Å²) in [5.74, 6) is -0.0692. The number of hydrogen-bond acceptors (Lipinski definition) is 3. The van der Waals surface area contributed by atoms with E-state index in [9.17, 15) is 13.2 Å². The van der Waals surface area contributed by atoms with E-state index >= 15 is 0 Å². The first kappa shape index (κ1) is 15.0. The van der Waals surface area contributed by atoms with Crippen LogP contribution in [0.15, 0.2) is 24.3 Å². The molecule has 0 aliphatic carbocycles. The van der Waals surface area contributed by atoms with Crippen molar-refractivity contribution < 1.29 is 13.2 Å². The van der Waals surface area contributed by atoms with Crippen LogP contribution in [0.3, 0.4) is 0 Å². The highest BCUT2D eigenvalue weighted by Crippen LogP contribution is 2.22. The summed E-state index contributed by atoms with van der Waals surface area (Å²) in [6.07, 6.45) is 0.181. The molecule has 1 heterocycles. The van der Waals surface area contributed by atoms with Gasteiger partial charge in [0.05, 0.1) is 0 Å². The average molecular weight is 297 g/mol. The molecule has 1 aliphatic rings. The second kappa shape index (κ2) is 5.51. The summed E-state index contributed by atoms with van der Waals surface area (Å²) < 4.78 is 27.2. The minimum atomic E-state index is -3.51. The molecule has 1 amide bonds. The van der Waals surface area contributed by atoms with Crippen LogP contribution in [0.4, 0.5) is 5.69 Å². The molecule has 0 radical (unpaired) electrons. The van der Waals surface area contributed by atoms with Crippen LogP contribution in [0.2, 0.25) is 0 Å². The number of rotatable bonds is 4. The van der Waals surface area contributed by atoms with Crippen LogP contribution in [-0.2, 0) is 15.0 Å². The molecule has 1 fully saturated rings. The van der Waals surface area contributed by atoms with Crippen molar-refractivity contribution in [1.82, 2.24) is 9.03 Å². The summed E-state index contributed by atoms with van der Waals surface area (Å²) in [7, 11) is -0.603. The number of nitrogens with zero attached hydrogens (tertiary/aromatic N) is 2. The molecule has 0 aromatic heterocycles. The van der Waals surface area contributed by atoms with Crippen LogP contribution in [0.5, 0.6) is 0 Å². The van der Waals surface area contributed by atoms with Crippen LogP contribution in [0.25, 0.3) is 0 Å². The van der Waals surface area contributed by atoms with E-state index in [4.69, 9.17) is 0 Å². The Kier molecular flexibility index (Phi) is 4.12. The maximum atomic E-state index is 12.0. The molecule has 1 saturated heterocycles. The van der Waals surface area contributed by atoms with E-state index in [-0.39, 0.29) is 12.3 Å². The summed E-state index contributed by atoms with van der Waals surface area (Å²) in [4.78, 5) is 13.6. The molecular weight excluding hydrogens is 278 g/mol. The molecule has 110 valence electrons. The van der Waals surface area contributed by atoms with Gasteiger partial charge in [-0.25, -0.2) is 0 Å². The molecule has 6 nitrogen and oxygen atoms in total. The average Bonchev–Trinajstić information content (AvgIpc) is 2.70. The fraction of sp³-hybridized carbons (Fsp3) is 0.462. The fourth-order valence-corrected chi connectivity index (χ4v) is 2.87. The van der Waals surface area contributed by atoms with Crippen LogP contribution in [0, 0.1) is 6.92 Å². The van der Waals surface area contributed by atoms with Gasteiger partial charge in [-0.15, -0.1) is 0 Å². The molecule has 1 aromatic rings. The zero-order valence-corrected chi connectivity index (χ0v) is 12.6. The van der Waals surface area contributed by atoms with E-state index in [1.807, 2.05) is 31.2 Å². The Morgan fingerprint density at radius 2 is 1.85 bits per heavy atom. The van der Waals surface area contributed by atoms with Crippen molar-refractivity contribution in [2.24, 2.45) is 0 Å². The van der Waals surface area contributed by atoms with Crippen LogP contribution < -0.4 is 9.62 Å². The van der Waals surface area contributed by atoms with Crippen molar-refractivity contribution in [3.05, 3.63) is 29.8 Å². The summed E-state index contributed by atoms with van der Waals surface area (Å²) in [5, 5.41) is 0. The lowest BCUT2D eigenvalue weighted by Gasteiger charge is -2.19. The quantitative estimate of drug-likeness (QED) is 0.879. The zero-order chi connectivity index (χ0) is 14.9. The number of nitrogens with one attached hydrogen (secondary N) is 1. The van der Waals surface area contributed by atoms with Crippen molar-refractivity contribution in [2.75, 3.05) is 25.5 Å². The minimum absolute atomic E-state index is 0.0692. The Morgan fingerprint density at radius 1 is 1.25 bits per heavy atom. The Morgan fingerprint density at radius 3 is 2.40 bits per heavy atom. The van der Waals surface area contributed by atoms with Gasteiger partial charge in [0.2, 0.25) is 5.91 Å². The van der Waals surface area contributed by atoms with Gasteiger partial charge in [-0.3, -0.25) is 4.79 Å². The molecule has 1 aliphatic heterocycles. The molecule has 2 rings (SSSR count). The SMILES string of the molecule is Cc1ccc(N2C[C@H](NS(=O)(=O)N(C)C)CC2=O)cc1. The molecule has 0 bridgehead atoms. The van der Waals surface area contributed by atoms with E-state index in [0.29, 0.717) is 6.54 Å². The highest BCUT2D eigenvalue weighted by Gasteiger charge is 2.33. The molecule has 0 saturated carbocycles. The van der Waals surface area contributed by atoms with Gasteiger partial charge in [0, 0.05) is 38.8 Å².